The number of rotatable bonds is 5. The molecule has 0 spiro atoms. The molecule has 5 N–H and O–H groups in total. The molecule has 0 aromatic carbocycles. The Morgan fingerprint density at radius 3 is 1.92 bits per heavy atom. The summed E-state index contributed by atoms with van der Waals surface area (Å²) < 4.78 is 0. The molecule has 0 aromatic heterocycles. The van der Waals surface area contributed by atoms with Gasteiger partial charge in [0.25, 0.3) is 0 Å². The Morgan fingerprint density at radius 2 is 1.58 bits per heavy atom. The lowest BCUT2D eigenvalue weighted by molar-refractivity contribution is -0.136. The molecular weight excluding hydrogens is 168 g/mol. The monoisotopic (exact) mass is 180 g/mol. The quantitative estimate of drug-likeness (QED) is 0.282. The van der Waals surface area contributed by atoms with E-state index in [1.54, 1.807) is 0 Å². The maximum atomic E-state index is 9.90. The molecule has 0 bridgehead atoms. The molecule has 0 heterocycles. The Labute approximate surface area is 68.7 Å². The number of aliphatic hydroxyl groups excluding tert-OH is 5. The number of aliphatic hydroxyl groups is 5. The van der Waals surface area contributed by atoms with Crippen molar-refractivity contribution in [1.82, 2.24) is 0 Å². The maximum Gasteiger partial charge on any atom is 0.151 e. The van der Waals surface area contributed by atoms with E-state index in [-0.39, 0.29) is 6.29 Å². The van der Waals surface area contributed by atoms with Gasteiger partial charge >= 0.3 is 0 Å². The first-order chi connectivity index (χ1) is 5.54. The molecule has 0 saturated carbocycles. The molecule has 4 atom stereocenters. The van der Waals surface area contributed by atoms with Gasteiger partial charge in [-0.15, -0.1) is 0 Å². The van der Waals surface area contributed by atoms with E-state index in [4.69, 9.17) is 25.5 Å². The molecule has 0 amide bonds. The van der Waals surface area contributed by atoms with Crippen molar-refractivity contribution in [2.45, 2.75) is 24.4 Å². The van der Waals surface area contributed by atoms with Crippen LogP contribution in [0, 0.1) is 0 Å². The topological polar surface area (TPSA) is 118 Å². The molecule has 0 rings (SSSR count). The van der Waals surface area contributed by atoms with E-state index in [2.05, 4.69) is 0 Å². The average molecular weight is 180 g/mol. The van der Waals surface area contributed by atoms with Gasteiger partial charge in [0.2, 0.25) is 0 Å². The fourth-order valence-corrected chi connectivity index (χ4v) is 0.618. The van der Waals surface area contributed by atoms with Crippen LogP contribution in [0.15, 0.2) is 0 Å². The lowest BCUT2D eigenvalue weighted by Crippen LogP contribution is -2.46. The van der Waals surface area contributed by atoms with Gasteiger partial charge in [0.1, 0.15) is 24.4 Å². The lowest BCUT2D eigenvalue weighted by Gasteiger charge is -2.22. The van der Waals surface area contributed by atoms with Gasteiger partial charge in [-0.2, -0.15) is 0 Å². The fourth-order valence-electron chi connectivity index (χ4n) is 0.618. The molecule has 12 heavy (non-hydrogen) atoms. The molecule has 6 heteroatoms. The smallest absolute Gasteiger partial charge is 0.151 e. The van der Waals surface area contributed by atoms with Gasteiger partial charge in [-0.05, 0) is 0 Å². The summed E-state index contributed by atoms with van der Waals surface area (Å²) in [6.07, 6.45) is -6.84. The Hall–Kier alpha value is -0.530. The standard InChI is InChI=1S/C6H12O6/c7-1-3(9)5(11)6(12)4(10)2-8/h1,3-6,8-12H,2H2/t3?,4-,5+,6?/m1/s1. The highest BCUT2D eigenvalue weighted by atomic mass is 16.4. The minimum atomic E-state index is -1.79. The van der Waals surface area contributed by atoms with E-state index in [0.29, 0.717) is 0 Å². The Morgan fingerprint density at radius 1 is 1.08 bits per heavy atom. The molecule has 0 aliphatic rings. The third-order valence-electron chi connectivity index (χ3n) is 1.42. The number of carbonyl (C=O) groups excluding carboxylic acids is 1. The lowest BCUT2D eigenvalue weighted by atomic mass is 10.0. The zero-order chi connectivity index (χ0) is 9.72. The van der Waals surface area contributed by atoms with E-state index in [1.807, 2.05) is 0 Å². The fraction of sp³-hybridized carbons (Fsp3) is 0.833. The van der Waals surface area contributed by atoms with Crippen LogP contribution in [0.4, 0.5) is 0 Å². The van der Waals surface area contributed by atoms with E-state index in [0.717, 1.165) is 0 Å². The second-order valence-electron chi connectivity index (χ2n) is 2.36. The summed E-state index contributed by atoms with van der Waals surface area (Å²) >= 11 is 0. The highest BCUT2D eigenvalue weighted by molar-refractivity contribution is 5.56. The van der Waals surface area contributed by atoms with Crippen molar-refractivity contribution in [3.05, 3.63) is 0 Å². The van der Waals surface area contributed by atoms with Crippen LogP contribution in [0.3, 0.4) is 0 Å². The van der Waals surface area contributed by atoms with Crippen LogP contribution in [0.1, 0.15) is 0 Å². The summed E-state index contributed by atoms with van der Waals surface area (Å²) in [5, 5.41) is 43.5. The van der Waals surface area contributed by atoms with E-state index in [9.17, 15) is 4.79 Å². The average Bonchev–Trinajstić information content (AvgIpc) is 2.12. The predicted molar refractivity (Wildman–Crippen MR) is 37.2 cm³/mol. The Kier molecular flexibility index (Phi) is 4.95. The van der Waals surface area contributed by atoms with Gasteiger partial charge in [-0.25, -0.2) is 0 Å². The highest BCUT2D eigenvalue weighted by Crippen LogP contribution is 2.02. The third-order valence-corrected chi connectivity index (χ3v) is 1.42. The molecule has 0 aromatic rings. The van der Waals surface area contributed by atoms with Crippen LogP contribution >= 0.6 is 0 Å². The van der Waals surface area contributed by atoms with Crippen LogP contribution in [0.2, 0.25) is 0 Å². The number of hydrogen-bond donors (Lipinski definition) is 5. The van der Waals surface area contributed by atoms with Crippen molar-refractivity contribution in [1.29, 1.82) is 0 Å². The molecule has 0 fully saturated rings. The second kappa shape index (κ2) is 5.18. The van der Waals surface area contributed by atoms with Gasteiger partial charge in [-0.3, -0.25) is 0 Å². The summed E-state index contributed by atoms with van der Waals surface area (Å²) in [6.45, 7) is -0.760. The van der Waals surface area contributed by atoms with Crippen LogP contribution in [0.25, 0.3) is 0 Å². The SMILES string of the molecule is O=CC(O)[C@H](O)C(O)[C@H](O)CO. The van der Waals surface area contributed by atoms with Crippen molar-refractivity contribution in [3.63, 3.8) is 0 Å². The molecule has 72 valence electrons. The first kappa shape index (κ1) is 11.5. The molecule has 0 saturated heterocycles. The molecule has 0 radical (unpaired) electrons. The van der Waals surface area contributed by atoms with Gasteiger partial charge in [0.05, 0.1) is 6.61 Å². The van der Waals surface area contributed by atoms with Crippen molar-refractivity contribution in [3.8, 4) is 0 Å². The molecule has 0 aliphatic heterocycles. The van der Waals surface area contributed by atoms with Crippen molar-refractivity contribution >= 4 is 6.29 Å². The van der Waals surface area contributed by atoms with Gasteiger partial charge < -0.3 is 30.3 Å². The van der Waals surface area contributed by atoms with Crippen LogP contribution in [-0.2, 0) is 4.79 Å². The predicted octanol–water partition coefficient (Wildman–Crippen LogP) is -3.38. The second-order valence-corrected chi connectivity index (χ2v) is 2.36. The zero-order valence-electron chi connectivity index (χ0n) is 6.24. The summed E-state index contributed by atoms with van der Waals surface area (Å²) in [4.78, 5) is 9.90. The normalized spacial score (nSPS) is 21.1. The number of aldehydes is 1. The highest BCUT2D eigenvalue weighted by Gasteiger charge is 2.29. The first-order valence-corrected chi connectivity index (χ1v) is 3.33. The molecule has 6 nitrogen and oxygen atoms in total. The van der Waals surface area contributed by atoms with E-state index >= 15 is 0 Å². The van der Waals surface area contributed by atoms with Crippen LogP contribution in [-0.4, -0.2) is 62.8 Å². The van der Waals surface area contributed by atoms with Crippen LogP contribution in [0.5, 0.6) is 0 Å². The third kappa shape index (κ3) is 2.84. The summed E-state index contributed by atoms with van der Waals surface area (Å²) in [5.41, 5.74) is 0. The van der Waals surface area contributed by atoms with Crippen molar-refractivity contribution in [2.24, 2.45) is 0 Å². The number of hydrogen-bond acceptors (Lipinski definition) is 6. The summed E-state index contributed by atoms with van der Waals surface area (Å²) in [5.74, 6) is 0. The molecule has 0 aliphatic carbocycles. The van der Waals surface area contributed by atoms with E-state index in [1.165, 1.54) is 0 Å². The summed E-state index contributed by atoms with van der Waals surface area (Å²) in [7, 11) is 0. The Bertz CT molecular complexity index is 138. The first-order valence-electron chi connectivity index (χ1n) is 3.33. The van der Waals surface area contributed by atoms with Crippen molar-refractivity contribution < 1.29 is 30.3 Å². The molecule has 2 unspecified atom stereocenters. The minimum absolute atomic E-state index is 0.0258. The van der Waals surface area contributed by atoms with Crippen LogP contribution < -0.4 is 0 Å². The molecular formula is C6H12O6. The van der Waals surface area contributed by atoms with Gasteiger partial charge in [0, 0.05) is 0 Å². The summed E-state index contributed by atoms with van der Waals surface area (Å²) in [6, 6.07) is 0. The van der Waals surface area contributed by atoms with Gasteiger partial charge in [0.15, 0.2) is 6.29 Å². The van der Waals surface area contributed by atoms with Gasteiger partial charge in [-0.1, -0.05) is 0 Å². The van der Waals surface area contributed by atoms with E-state index < -0.39 is 31.0 Å². The zero-order valence-corrected chi connectivity index (χ0v) is 6.24. The Balaban J connectivity index is 4.07. The largest absolute Gasteiger partial charge is 0.394 e. The number of carbonyl (C=O) groups is 1. The maximum absolute atomic E-state index is 9.90. The minimum Gasteiger partial charge on any atom is -0.394 e. The van der Waals surface area contributed by atoms with Crippen molar-refractivity contribution in [2.75, 3.05) is 6.61 Å².